The highest BCUT2D eigenvalue weighted by molar-refractivity contribution is 5.79. The van der Waals surface area contributed by atoms with Crippen LogP contribution in [-0.2, 0) is 13.6 Å². The second-order valence-corrected chi connectivity index (χ2v) is 6.99. The number of nitrogens with zero attached hydrogens (tertiary/aromatic N) is 4. The van der Waals surface area contributed by atoms with Gasteiger partial charge in [-0.05, 0) is 34.0 Å². The van der Waals surface area contributed by atoms with Gasteiger partial charge in [-0.1, -0.05) is 17.7 Å². The summed E-state index contributed by atoms with van der Waals surface area (Å²) in [6.07, 6.45) is 3.83. The highest BCUT2D eigenvalue weighted by Gasteiger charge is 2.16. The van der Waals surface area contributed by atoms with Gasteiger partial charge in [-0.3, -0.25) is 4.68 Å². The van der Waals surface area contributed by atoms with E-state index in [9.17, 15) is 8.78 Å². The van der Waals surface area contributed by atoms with E-state index < -0.39 is 6.61 Å². The highest BCUT2D eigenvalue weighted by Crippen LogP contribution is 2.23. The van der Waals surface area contributed by atoms with Gasteiger partial charge in [-0.25, -0.2) is 4.99 Å². The van der Waals surface area contributed by atoms with Crippen LogP contribution in [-0.4, -0.2) is 54.4 Å². The molecule has 0 bridgehead atoms. The van der Waals surface area contributed by atoms with Crippen LogP contribution < -0.4 is 15.4 Å². The Morgan fingerprint density at radius 2 is 2.07 bits per heavy atom. The average molecular weight is 408 g/mol. The smallest absolute Gasteiger partial charge is 0.387 e. The maximum absolute atomic E-state index is 12.7. The van der Waals surface area contributed by atoms with Crippen LogP contribution in [0.3, 0.4) is 0 Å². The lowest BCUT2D eigenvalue weighted by Gasteiger charge is -2.24. The zero-order valence-electron chi connectivity index (χ0n) is 17.6. The number of ether oxygens (including phenoxy) is 1. The van der Waals surface area contributed by atoms with Crippen molar-refractivity contribution in [3.8, 4) is 5.75 Å². The predicted molar refractivity (Wildman–Crippen MR) is 110 cm³/mol. The number of rotatable bonds is 9. The Morgan fingerprint density at radius 3 is 2.66 bits per heavy atom. The van der Waals surface area contributed by atoms with Crippen molar-refractivity contribution in [2.75, 3.05) is 27.2 Å². The molecule has 2 aromatic rings. The maximum Gasteiger partial charge on any atom is 0.387 e. The Balaban J connectivity index is 2.12. The Morgan fingerprint density at radius 1 is 1.31 bits per heavy atom. The summed E-state index contributed by atoms with van der Waals surface area (Å²) in [7, 11) is 5.89. The maximum atomic E-state index is 12.7. The molecule has 1 atom stereocenters. The zero-order valence-corrected chi connectivity index (χ0v) is 17.6. The lowest BCUT2D eigenvalue weighted by atomic mass is 10.1. The quantitative estimate of drug-likeness (QED) is 0.493. The van der Waals surface area contributed by atoms with Gasteiger partial charge in [-0.2, -0.15) is 13.9 Å². The first kappa shape index (κ1) is 22.6. The van der Waals surface area contributed by atoms with Crippen molar-refractivity contribution < 1.29 is 13.5 Å². The number of aliphatic imine (C=N–C) groups is 1. The van der Waals surface area contributed by atoms with Gasteiger partial charge in [0, 0.05) is 37.5 Å². The molecule has 0 radical (unpaired) electrons. The molecule has 0 aliphatic rings. The molecule has 0 aliphatic heterocycles. The van der Waals surface area contributed by atoms with Gasteiger partial charge in [-0.15, -0.1) is 0 Å². The summed E-state index contributed by atoms with van der Waals surface area (Å²) in [5.41, 5.74) is 2.66. The molecule has 0 saturated carbocycles. The van der Waals surface area contributed by atoms with Gasteiger partial charge in [0.2, 0.25) is 0 Å². The minimum atomic E-state index is -2.87. The molecular weight excluding hydrogens is 378 g/mol. The summed E-state index contributed by atoms with van der Waals surface area (Å²) >= 11 is 0. The van der Waals surface area contributed by atoms with Crippen LogP contribution >= 0.6 is 0 Å². The lowest BCUT2D eigenvalue weighted by Crippen LogP contribution is -2.41. The van der Waals surface area contributed by atoms with Crippen LogP contribution in [0.4, 0.5) is 8.78 Å². The molecule has 0 spiro atoms. The largest absolute Gasteiger partial charge is 0.434 e. The van der Waals surface area contributed by atoms with E-state index in [1.165, 1.54) is 0 Å². The minimum Gasteiger partial charge on any atom is -0.434 e. The monoisotopic (exact) mass is 408 g/mol. The molecule has 0 saturated heterocycles. The van der Waals surface area contributed by atoms with E-state index >= 15 is 0 Å². The van der Waals surface area contributed by atoms with Crippen molar-refractivity contribution in [1.82, 2.24) is 25.3 Å². The number of likely N-dealkylation sites (N-methyl/N-ethyl adjacent to an activating group) is 1. The third-order valence-corrected chi connectivity index (χ3v) is 4.38. The van der Waals surface area contributed by atoms with E-state index in [4.69, 9.17) is 0 Å². The van der Waals surface area contributed by atoms with Gasteiger partial charge in [0.05, 0.1) is 18.8 Å². The molecule has 1 heterocycles. The number of halogens is 2. The number of aromatic nitrogens is 2. The first-order chi connectivity index (χ1) is 13.8. The molecule has 2 rings (SSSR count). The summed E-state index contributed by atoms with van der Waals surface area (Å²) in [6.45, 7) is 2.52. The topological polar surface area (TPSA) is 66.7 Å². The van der Waals surface area contributed by atoms with Gasteiger partial charge >= 0.3 is 6.61 Å². The van der Waals surface area contributed by atoms with Crippen LogP contribution in [0, 0.1) is 6.92 Å². The van der Waals surface area contributed by atoms with E-state index in [0.29, 0.717) is 24.6 Å². The molecule has 0 aliphatic carbocycles. The van der Waals surface area contributed by atoms with Crippen molar-refractivity contribution >= 4 is 5.96 Å². The molecule has 2 N–H and O–H groups in total. The predicted octanol–water partition coefficient (Wildman–Crippen LogP) is 2.69. The third kappa shape index (κ3) is 7.01. The van der Waals surface area contributed by atoms with E-state index in [1.54, 1.807) is 16.8 Å². The van der Waals surface area contributed by atoms with Crippen LogP contribution in [0.25, 0.3) is 0 Å². The van der Waals surface area contributed by atoms with Crippen LogP contribution in [0.1, 0.15) is 29.7 Å². The second kappa shape index (κ2) is 10.8. The number of benzene rings is 1. The second-order valence-electron chi connectivity index (χ2n) is 6.99. The molecule has 1 aromatic heterocycles. The fourth-order valence-corrected chi connectivity index (χ4v) is 2.95. The molecule has 0 fully saturated rings. The third-order valence-electron chi connectivity index (χ3n) is 4.38. The first-order valence-corrected chi connectivity index (χ1v) is 9.51. The molecule has 1 unspecified atom stereocenters. The van der Waals surface area contributed by atoms with Crippen molar-refractivity contribution in [2.24, 2.45) is 12.0 Å². The van der Waals surface area contributed by atoms with E-state index in [0.717, 1.165) is 11.1 Å². The summed E-state index contributed by atoms with van der Waals surface area (Å²) in [5.74, 6) is 0.750. The van der Waals surface area contributed by atoms with E-state index in [2.05, 4.69) is 30.4 Å². The number of alkyl halides is 2. The fourth-order valence-electron chi connectivity index (χ4n) is 2.95. The van der Waals surface area contributed by atoms with Gasteiger partial charge in [0.25, 0.3) is 0 Å². The molecule has 7 nitrogen and oxygen atoms in total. The summed E-state index contributed by atoms with van der Waals surface area (Å²) in [4.78, 5) is 6.65. The number of hydrogen-bond donors (Lipinski definition) is 2. The van der Waals surface area contributed by atoms with Gasteiger partial charge < -0.3 is 20.3 Å². The zero-order chi connectivity index (χ0) is 21.4. The summed E-state index contributed by atoms with van der Waals surface area (Å²) < 4.78 is 31.7. The molecular formula is C20H30F2N6O. The van der Waals surface area contributed by atoms with Gasteiger partial charge in [0.15, 0.2) is 5.96 Å². The van der Waals surface area contributed by atoms with Crippen molar-refractivity contribution in [3.63, 3.8) is 0 Å². The Hall–Kier alpha value is -2.68. The van der Waals surface area contributed by atoms with E-state index in [1.807, 2.05) is 53.5 Å². The Labute approximate surface area is 170 Å². The van der Waals surface area contributed by atoms with Crippen molar-refractivity contribution in [3.05, 3.63) is 47.3 Å². The number of aryl methyl sites for hydroxylation is 2. The van der Waals surface area contributed by atoms with Crippen molar-refractivity contribution in [2.45, 2.75) is 33.0 Å². The molecule has 9 heteroatoms. The highest BCUT2D eigenvalue weighted by atomic mass is 19.3. The summed E-state index contributed by atoms with van der Waals surface area (Å²) in [5, 5.41) is 10.8. The number of guanidine groups is 1. The normalized spacial score (nSPS) is 13.1. The molecule has 29 heavy (non-hydrogen) atoms. The number of nitrogens with one attached hydrogen (secondary N) is 2. The standard InChI is InChI=1S/C20H30F2N6O/c1-6-23-20(25-12-17(27(3)4)16-11-26-28(5)13-16)24-10-15-9-14(2)7-8-18(15)29-19(21)22/h7-9,11,13,17,19H,6,10,12H2,1-5H3,(H2,23,24,25). The minimum absolute atomic E-state index is 0.101. The van der Waals surface area contributed by atoms with Crippen molar-refractivity contribution in [1.29, 1.82) is 0 Å². The SMILES string of the molecule is CCNC(=NCc1cc(C)ccc1OC(F)F)NCC(c1cnn(C)c1)N(C)C. The summed E-state index contributed by atoms with van der Waals surface area (Å²) in [6, 6.07) is 5.20. The number of hydrogen-bond acceptors (Lipinski definition) is 4. The van der Waals surface area contributed by atoms with Crippen LogP contribution in [0.2, 0.25) is 0 Å². The van der Waals surface area contributed by atoms with Crippen LogP contribution in [0.15, 0.2) is 35.6 Å². The van der Waals surface area contributed by atoms with Gasteiger partial charge in [0.1, 0.15) is 5.75 Å². The molecule has 0 amide bonds. The molecule has 1 aromatic carbocycles. The first-order valence-electron chi connectivity index (χ1n) is 9.51. The Kier molecular flexibility index (Phi) is 8.38. The lowest BCUT2D eigenvalue weighted by molar-refractivity contribution is -0.0504. The van der Waals surface area contributed by atoms with Crippen LogP contribution in [0.5, 0.6) is 5.75 Å². The Bertz CT molecular complexity index is 806. The van der Waals surface area contributed by atoms with E-state index in [-0.39, 0.29) is 18.3 Å². The average Bonchev–Trinajstić information content (AvgIpc) is 3.07. The molecule has 160 valence electrons. The fraction of sp³-hybridized carbons (Fsp3) is 0.500.